The second-order valence-electron chi connectivity index (χ2n) is 4.46. The zero-order valence-electron chi connectivity index (χ0n) is 10.2. The average molecular weight is 294 g/mol. The van der Waals surface area contributed by atoms with Crippen LogP contribution in [0.1, 0.15) is 25.5 Å². The highest BCUT2D eigenvalue weighted by Gasteiger charge is 2.13. The molecule has 90 valence electrons. The highest BCUT2D eigenvalue weighted by Crippen LogP contribution is 2.32. The second-order valence-corrected chi connectivity index (χ2v) is 5.32. The third kappa shape index (κ3) is 2.22. The molecule has 2 rings (SSSR count). The summed E-state index contributed by atoms with van der Waals surface area (Å²) in [5.41, 5.74) is 9.21. The highest BCUT2D eigenvalue weighted by atomic mass is 79.9. The van der Waals surface area contributed by atoms with Crippen LogP contribution in [0, 0.1) is 6.92 Å². The number of aromatic nitrogens is 2. The first-order valence-corrected chi connectivity index (χ1v) is 6.39. The number of rotatable bonds is 2. The summed E-state index contributed by atoms with van der Waals surface area (Å²) in [5, 5.41) is 0. The van der Waals surface area contributed by atoms with Crippen LogP contribution in [-0.4, -0.2) is 9.55 Å². The number of nitrogens with zero attached hydrogens (tertiary/aromatic N) is 2. The normalized spacial score (nSPS) is 11.1. The zero-order valence-corrected chi connectivity index (χ0v) is 11.8. The van der Waals surface area contributed by atoms with Gasteiger partial charge in [0.15, 0.2) is 0 Å². The van der Waals surface area contributed by atoms with Gasteiger partial charge in [-0.1, -0.05) is 28.1 Å². The van der Waals surface area contributed by atoms with Gasteiger partial charge >= 0.3 is 0 Å². The Kier molecular flexibility index (Phi) is 3.24. The van der Waals surface area contributed by atoms with Gasteiger partial charge in [-0.2, -0.15) is 0 Å². The topological polar surface area (TPSA) is 43.8 Å². The molecule has 3 nitrogen and oxygen atoms in total. The van der Waals surface area contributed by atoms with E-state index in [9.17, 15) is 0 Å². The first-order valence-electron chi connectivity index (χ1n) is 5.59. The molecule has 1 aromatic carbocycles. The summed E-state index contributed by atoms with van der Waals surface area (Å²) in [6, 6.07) is 6.50. The van der Waals surface area contributed by atoms with Crippen molar-refractivity contribution < 1.29 is 0 Å². The Morgan fingerprint density at radius 3 is 2.59 bits per heavy atom. The fourth-order valence-corrected chi connectivity index (χ4v) is 2.48. The van der Waals surface area contributed by atoms with Crippen LogP contribution in [0.3, 0.4) is 0 Å². The van der Waals surface area contributed by atoms with Gasteiger partial charge in [0.05, 0.1) is 6.33 Å². The number of nitrogen functional groups attached to an aromatic ring is 1. The fraction of sp³-hybridized carbons (Fsp3) is 0.308. The van der Waals surface area contributed by atoms with Crippen molar-refractivity contribution in [2.75, 3.05) is 5.73 Å². The predicted molar refractivity (Wildman–Crippen MR) is 74.9 cm³/mol. The third-order valence-corrected chi connectivity index (χ3v) is 3.42. The standard InChI is InChI=1S/C13H16BrN3/c1-8(2)17-7-16-12(13(17)15)10-5-4-9(3)6-11(10)14/h4-8H,15H2,1-3H3. The smallest absolute Gasteiger partial charge is 0.131 e. The van der Waals surface area contributed by atoms with Crippen LogP contribution in [0.15, 0.2) is 29.0 Å². The summed E-state index contributed by atoms with van der Waals surface area (Å²) in [7, 11) is 0. The Bertz CT molecular complexity index is 544. The molecule has 0 spiro atoms. The molecule has 1 heterocycles. The van der Waals surface area contributed by atoms with Crippen LogP contribution < -0.4 is 5.73 Å². The van der Waals surface area contributed by atoms with E-state index in [0.29, 0.717) is 11.9 Å². The van der Waals surface area contributed by atoms with Gasteiger partial charge in [0, 0.05) is 16.1 Å². The van der Waals surface area contributed by atoms with E-state index in [1.54, 1.807) is 6.33 Å². The van der Waals surface area contributed by atoms with Crippen LogP contribution in [0.2, 0.25) is 0 Å². The van der Waals surface area contributed by atoms with Crippen LogP contribution in [-0.2, 0) is 0 Å². The largest absolute Gasteiger partial charge is 0.383 e. The summed E-state index contributed by atoms with van der Waals surface area (Å²) < 4.78 is 3.00. The second kappa shape index (κ2) is 4.53. The molecule has 0 aliphatic carbocycles. The number of nitrogens with two attached hydrogens (primary N) is 1. The van der Waals surface area contributed by atoms with E-state index in [-0.39, 0.29) is 0 Å². The van der Waals surface area contributed by atoms with Crippen LogP contribution in [0.4, 0.5) is 5.82 Å². The molecule has 0 amide bonds. The van der Waals surface area contributed by atoms with Crippen molar-refractivity contribution >= 4 is 21.7 Å². The van der Waals surface area contributed by atoms with Gasteiger partial charge in [0.2, 0.25) is 0 Å². The zero-order chi connectivity index (χ0) is 12.6. The summed E-state index contributed by atoms with van der Waals surface area (Å²) in [4.78, 5) is 4.41. The number of hydrogen-bond donors (Lipinski definition) is 1. The quantitative estimate of drug-likeness (QED) is 0.916. The maximum absolute atomic E-state index is 6.12. The number of anilines is 1. The lowest BCUT2D eigenvalue weighted by Gasteiger charge is -2.09. The lowest BCUT2D eigenvalue weighted by Crippen LogP contribution is -2.04. The van der Waals surface area contributed by atoms with Crippen molar-refractivity contribution in [1.29, 1.82) is 0 Å². The van der Waals surface area contributed by atoms with Crippen molar-refractivity contribution in [2.24, 2.45) is 0 Å². The van der Waals surface area contributed by atoms with E-state index in [1.807, 2.05) is 10.6 Å². The Balaban J connectivity index is 2.54. The number of aryl methyl sites for hydroxylation is 1. The molecule has 0 aliphatic heterocycles. The van der Waals surface area contributed by atoms with Crippen molar-refractivity contribution in [1.82, 2.24) is 9.55 Å². The van der Waals surface area contributed by atoms with Gasteiger partial charge < -0.3 is 10.3 Å². The minimum Gasteiger partial charge on any atom is -0.383 e. The van der Waals surface area contributed by atoms with Gasteiger partial charge in [-0.3, -0.25) is 0 Å². The van der Waals surface area contributed by atoms with Gasteiger partial charge in [0.1, 0.15) is 11.5 Å². The van der Waals surface area contributed by atoms with E-state index in [2.05, 4.69) is 53.8 Å². The summed E-state index contributed by atoms with van der Waals surface area (Å²) in [5.74, 6) is 0.713. The Labute approximate surface area is 110 Å². The molecule has 4 heteroatoms. The van der Waals surface area contributed by atoms with E-state index < -0.39 is 0 Å². The predicted octanol–water partition coefficient (Wildman–Crippen LogP) is 3.78. The van der Waals surface area contributed by atoms with E-state index >= 15 is 0 Å². The van der Waals surface area contributed by atoms with E-state index in [4.69, 9.17) is 5.73 Å². The molecule has 1 aromatic heterocycles. The van der Waals surface area contributed by atoms with Crippen molar-refractivity contribution in [3.05, 3.63) is 34.6 Å². The molecule has 0 fully saturated rings. The van der Waals surface area contributed by atoms with Gasteiger partial charge in [-0.25, -0.2) is 4.98 Å². The monoisotopic (exact) mass is 293 g/mol. The summed E-state index contributed by atoms with van der Waals surface area (Å²) >= 11 is 3.56. The molecular weight excluding hydrogens is 278 g/mol. The molecular formula is C13H16BrN3. The number of hydrogen-bond acceptors (Lipinski definition) is 2. The van der Waals surface area contributed by atoms with Crippen LogP contribution in [0.5, 0.6) is 0 Å². The molecule has 0 aliphatic rings. The van der Waals surface area contributed by atoms with Crippen LogP contribution >= 0.6 is 15.9 Å². The molecule has 0 atom stereocenters. The van der Waals surface area contributed by atoms with Crippen molar-refractivity contribution in [3.63, 3.8) is 0 Å². The molecule has 0 unspecified atom stereocenters. The molecule has 2 N–H and O–H groups in total. The summed E-state index contributed by atoms with van der Waals surface area (Å²) in [6.07, 6.45) is 1.79. The molecule has 0 bridgehead atoms. The maximum Gasteiger partial charge on any atom is 0.131 e. The minimum absolute atomic E-state index is 0.320. The minimum atomic E-state index is 0.320. The van der Waals surface area contributed by atoms with Crippen molar-refractivity contribution in [2.45, 2.75) is 26.8 Å². The number of halogens is 1. The molecule has 17 heavy (non-hydrogen) atoms. The number of benzene rings is 1. The Morgan fingerprint density at radius 2 is 2.06 bits per heavy atom. The van der Waals surface area contributed by atoms with Crippen molar-refractivity contribution in [3.8, 4) is 11.3 Å². The Hall–Kier alpha value is -1.29. The maximum atomic E-state index is 6.12. The average Bonchev–Trinajstić information content (AvgIpc) is 2.60. The van der Waals surface area contributed by atoms with Gasteiger partial charge in [-0.05, 0) is 32.4 Å². The first kappa shape index (κ1) is 12.2. The molecule has 0 radical (unpaired) electrons. The van der Waals surface area contributed by atoms with E-state index in [1.165, 1.54) is 5.56 Å². The van der Waals surface area contributed by atoms with Gasteiger partial charge in [-0.15, -0.1) is 0 Å². The van der Waals surface area contributed by atoms with Crippen LogP contribution in [0.25, 0.3) is 11.3 Å². The molecule has 0 saturated heterocycles. The first-order chi connectivity index (χ1) is 8.00. The third-order valence-electron chi connectivity index (χ3n) is 2.77. The van der Waals surface area contributed by atoms with Gasteiger partial charge in [0.25, 0.3) is 0 Å². The molecule has 0 saturated carbocycles. The number of imidazole rings is 1. The molecule has 2 aromatic rings. The Morgan fingerprint density at radius 1 is 1.35 bits per heavy atom. The lowest BCUT2D eigenvalue weighted by molar-refractivity contribution is 0.607. The lowest BCUT2D eigenvalue weighted by atomic mass is 10.1. The fourth-order valence-electron chi connectivity index (χ4n) is 1.80. The highest BCUT2D eigenvalue weighted by molar-refractivity contribution is 9.10. The van der Waals surface area contributed by atoms with E-state index in [0.717, 1.165) is 15.7 Å². The SMILES string of the molecule is Cc1ccc(-c2ncn(C(C)C)c2N)c(Br)c1. The summed E-state index contributed by atoms with van der Waals surface area (Å²) in [6.45, 7) is 6.24.